The highest BCUT2D eigenvalue weighted by Gasteiger charge is 2.11. The number of aromatic nitrogens is 1. The van der Waals surface area contributed by atoms with Gasteiger partial charge in [-0.3, -0.25) is 4.79 Å². The lowest BCUT2D eigenvalue weighted by atomic mass is 10.2. The number of pyridine rings is 1. The van der Waals surface area contributed by atoms with E-state index in [-0.39, 0.29) is 5.91 Å². The van der Waals surface area contributed by atoms with Crippen LogP contribution in [0.15, 0.2) is 42.6 Å². The molecule has 0 bridgehead atoms. The molecule has 0 spiro atoms. The van der Waals surface area contributed by atoms with E-state index in [0.717, 1.165) is 0 Å². The van der Waals surface area contributed by atoms with Crippen LogP contribution < -0.4 is 21.3 Å². The second-order valence-corrected chi connectivity index (χ2v) is 3.96. The number of ether oxygens (including phenoxy) is 1. The Morgan fingerprint density at radius 1 is 1.35 bits per heavy atom. The van der Waals surface area contributed by atoms with E-state index in [2.05, 4.69) is 15.7 Å². The molecule has 0 unspecified atom stereocenters. The van der Waals surface area contributed by atoms with Crippen LogP contribution in [-0.4, -0.2) is 17.5 Å². The van der Waals surface area contributed by atoms with Gasteiger partial charge in [0, 0.05) is 18.0 Å². The number of carbonyl (C=O) groups excluding carboxylic acids is 1. The molecule has 4 N–H and O–H groups in total. The molecular formula is C14H16N4O2. The second-order valence-electron chi connectivity index (χ2n) is 3.96. The molecule has 0 saturated heterocycles. The van der Waals surface area contributed by atoms with E-state index in [1.54, 1.807) is 30.5 Å². The van der Waals surface area contributed by atoms with Gasteiger partial charge in [0.1, 0.15) is 5.75 Å². The quantitative estimate of drug-likeness (QED) is 0.572. The maximum Gasteiger partial charge on any atom is 0.259 e. The fourth-order valence-corrected chi connectivity index (χ4v) is 1.73. The van der Waals surface area contributed by atoms with E-state index >= 15 is 0 Å². The lowest BCUT2D eigenvalue weighted by Gasteiger charge is -2.10. The summed E-state index contributed by atoms with van der Waals surface area (Å²) >= 11 is 0. The van der Waals surface area contributed by atoms with Crippen LogP contribution in [0.2, 0.25) is 0 Å². The summed E-state index contributed by atoms with van der Waals surface area (Å²) in [5.74, 6) is 6.07. The molecule has 0 atom stereocenters. The third-order valence-corrected chi connectivity index (χ3v) is 2.59. The molecule has 1 aromatic carbocycles. The third-order valence-electron chi connectivity index (χ3n) is 2.59. The number of hydrazine groups is 1. The average Bonchev–Trinajstić information content (AvgIpc) is 2.48. The zero-order valence-electron chi connectivity index (χ0n) is 11.1. The number of rotatable bonds is 5. The highest BCUT2D eigenvalue weighted by Crippen LogP contribution is 2.19. The molecule has 1 aromatic heterocycles. The van der Waals surface area contributed by atoms with Gasteiger partial charge in [0.2, 0.25) is 0 Å². The Morgan fingerprint density at radius 2 is 2.20 bits per heavy atom. The number of nitrogens with two attached hydrogens (primary N) is 1. The van der Waals surface area contributed by atoms with Crippen LogP contribution in [0.4, 0.5) is 11.5 Å². The van der Waals surface area contributed by atoms with Crippen LogP contribution in [0.1, 0.15) is 17.3 Å². The van der Waals surface area contributed by atoms with Crippen LogP contribution in [0.25, 0.3) is 0 Å². The molecule has 0 saturated carbocycles. The normalized spacial score (nSPS) is 9.90. The number of hydrogen-bond donors (Lipinski definition) is 3. The zero-order valence-corrected chi connectivity index (χ0v) is 11.1. The number of carbonyl (C=O) groups is 1. The maximum atomic E-state index is 12.2. The summed E-state index contributed by atoms with van der Waals surface area (Å²) in [6.07, 6.45) is 1.56. The molecule has 1 amide bonds. The number of benzene rings is 1. The van der Waals surface area contributed by atoms with Crippen molar-refractivity contribution in [3.63, 3.8) is 0 Å². The van der Waals surface area contributed by atoms with Crippen molar-refractivity contribution < 1.29 is 9.53 Å². The van der Waals surface area contributed by atoms with Gasteiger partial charge in [-0.1, -0.05) is 6.07 Å². The highest BCUT2D eigenvalue weighted by molar-refractivity contribution is 6.07. The molecule has 2 rings (SSSR count). The monoisotopic (exact) mass is 272 g/mol. The molecule has 20 heavy (non-hydrogen) atoms. The van der Waals surface area contributed by atoms with E-state index in [4.69, 9.17) is 10.6 Å². The Hall–Kier alpha value is -2.60. The van der Waals surface area contributed by atoms with E-state index < -0.39 is 0 Å². The topological polar surface area (TPSA) is 89.3 Å². The minimum Gasteiger partial charge on any atom is -0.494 e. The Kier molecular flexibility index (Phi) is 4.52. The minimum atomic E-state index is -0.292. The van der Waals surface area contributed by atoms with E-state index in [9.17, 15) is 4.79 Å². The summed E-state index contributed by atoms with van der Waals surface area (Å²) in [6, 6.07) is 10.5. The van der Waals surface area contributed by atoms with Crippen molar-refractivity contribution in [1.29, 1.82) is 0 Å². The first-order valence-corrected chi connectivity index (χ1v) is 6.20. The third kappa shape index (κ3) is 3.24. The standard InChI is InChI=1S/C14H16N4O2/c1-2-20-11-6-3-5-10(9-11)17-14(19)12-7-4-8-16-13(12)18-15/h3-9H,2,15H2,1H3,(H,16,18)(H,17,19). The molecule has 0 radical (unpaired) electrons. The molecule has 1 heterocycles. The van der Waals surface area contributed by atoms with E-state index in [1.807, 2.05) is 19.1 Å². The Bertz CT molecular complexity index is 601. The molecule has 0 aliphatic heterocycles. The van der Waals surface area contributed by atoms with Crippen molar-refractivity contribution in [2.75, 3.05) is 17.3 Å². The number of nitrogens with zero attached hydrogens (tertiary/aromatic N) is 1. The molecule has 0 aliphatic carbocycles. The number of nitrogen functional groups attached to an aromatic ring is 1. The van der Waals surface area contributed by atoms with Gasteiger partial charge >= 0.3 is 0 Å². The van der Waals surface area contributed by atoms with E-state index in [0.29, 0.717) is 29.4 Å². The summed E-state index contributed by atoms with van der Waals surface area (Å²) < 4.78 is 5.38. The number of anilines is 2. The SMILES string of the molecule is CCOc1cccc(NC(=O)c2cccnc2NN)c1. The zero-order chi connectivity index (χ0) is 14.4. The van der Waals surface area contributed by atoms with Gasteiger partial charge in [-0.25, -0.2) is 10.8 Å². The van der Waals surface area contributed by atoms with Gasteiger partial charge < -0.3 is 15.5 Å². The summed E-state index contributed by atoms with van der Waals surface area (Å²) in [5.41, 5.74) is 3.42. The first kappa shape index (κ1) is 13.8. The maximum absolute atomic E-state index is 12.2. The lowest BCUT2D eigenvalue weighted by Crippen LogP contribution is -2.18. The fourth-order valence-electron chi connectivity index (χ4n) is 1.73. The Labute approximate surface area is 116 Å². The lowest BCUT2D eigenvalue weighted by molar-refractivity contribution is 0.102. The predicted octanol–water partition coefficient (Wildman–Crippen LogP) is 2.02. The number of hydrogen-bond acceptors (Lipinski definition) is 5. The van der Waals surface area contributed by atoms with Crippen LogP contribution in [0.5, 0.6) is 5.75 Å². The van der Waals surface area contributed by atoms with E-state index in [1.165, 1.54) is 0 Å². The van der Waals surface area contributed by atoms with Crippen molar-refractivity contribution in [1.82, 2.24) is 4.98 Å². The highest BCUT2D eigenvalue weighted by atomic mass is 16.5. The summed E-state index contributed by atoms with van der Waals surface area (Å²) in [5, 5.41) is 2.78. The van der Waals surface area contributed by atoms with Gasteiger partial charge in [0.05, 0.1) is 12.2 Å². The Balaban J connectivity index is 2.17. The van der Waals surface area contributed by atoms with Crippen molar-refractivity contribution in [3.8, 4) is 5.75 Å². The van der Waals surface area contributed by atoms with Crippen molar-refractivity contribution in [3.05, 3.63) is 48.2 Å². The molecule has 2 aromatic rings. The summed E-state index contributed by atoms with van der Waals surface area (Å²) in [6.45, 7) is 2.47. The van der Waals surface area contributed by atoms with Crippen molar-refractivity contribution >= 4 is 17.4 Å². The van der Waals surface area contributed by atoms with Crippen LogP contribution >= 0.6 is 0 Å². The van der Waals surface area contributed by atoms with Crippen molar-refractivity contribution in [2.45, 2.75) is 6.92 Å². The smallest absolute Gasteiger partial charge is 0.259 e. The van der Waals surface area contributed by atoms with Gasteiger partial charge in [0.25, 0.3) is 5.91 Å². The second kappa shape index (κ2) is 6.53. The molecule has 6 heteroatoms. The largest absolute Gasteiger partial charge is 0.494 e. The molecule has 0 aliphatic rings. The summed E-state index contributed by atoms with van der Waals surface area (Å²) in [7, 11) is 0. The first-order valence-electron chi connectivity index (χ1n) is 6.20. The van der Waals surface area contributed by atoms with Gasteiger partial charge in [-0.15, -0.1) is 0 Å². The number of nitrogens with one attached hydrogen (secondary N) is 2. The average molecular weight is 272 g/mol. The summed E-state index contributed by atoms with van der Waals surface area (Å²) in [4.78, 5) is 16.2. The van der Waals surface area contributed by atoms with Crippen LogP contribution in [0.3, 0.4) is 0 Å². The molecule has 0 fully saturated rings. The van der Waals surface area contributed by atoms with Crippen LogP contribution in [-0.2, 0) is 0 Å². The molecule has 6 nitrogen and oxygen atoms in total. The predicted molar refractivity (Wildman–Crippen MR) is 77.6 cm³/mol. The number of amides is 1. The first-order chi connectivity index (χ1) is 9.74. The van der Waals surface area contributed by atoms with Gasteiger partial charge in [-0.2, -0.15) is 0 Å². The molecule has 104 valence electrons. The Morgan fingerprint density at radius 3 is 2.95 bits per heavy atom. The van der Waals surface area contributed by atoms with Crippen molar-refractivity contribution in [2.24, 2.45) is 5.84 Å². The minimum absolute atomic E-state index is 0.292. The van der Waals surface area contributed by atoms with Gasteiger partial charge in [0.15, 0.2) is 5.82 Å². The fraction of sp³-hybridized carbons (Fsp3) is 0.143. The molecular weight excluding hydrogens is 256 g/mol. The van der Waals surface area contributed by atoms with Gasteiger partial charge in [-0.05, 0) is 31.2 Å². The van der Waals surface area contributed by atoms with Crippen LogP contribution in [0, 0.1) is 0 Å².